The second-order valence-corrected chi connectivity index (χ2v) is 15.0. The number of hydrogen-bond acceptors (Lipinski definition) is 4. The van der Waals surface area contributed by atoms with Gasteiger partial charge in [-0.3, -0.25) is 0 Å². The summed E-state index contributed by atoms with van der Waals surface area (Å²) in [5.41, 5.74) is 7.79. The molecule has 0 saturated heterocycles. The van der Waals surface area contributed by atoms with Crippen molar-refractivity contribution in [1.29, 1.82) is 5.26 Å². The van der Waals surface area contributed by atoms with Gasteiger partial charge in [-0.25, -0.2) is 15.0 Å². The second-order valence-electron chi connectivity index (χ2n) is 15.0. The van der Waals surface area contributed by atoms with Crippen LogP contribution in [-0.4, -0.2) is 15.0 Å². The minimum Gasteiger partial charge on any atom is -0.208 e. The Bertz CT molecular complexity index is 2440. The van der Waals surface area contributed by atoms with Crippen LogP contribution in [0.5, 0.6) is 0 Å². The van der Waals surface area contributed by atoms with Crippen LogP contribution in [0.2, 0.25) is 0 Å². The first kappa shape index (κ1) is 29.3. The highest BCUT2D eigenvalue weighted by atomic mass is 15.0. The van der Waals surface area contributed by atoms with E-state index < -0.39 is 0 Å². The van der Waals surface area contributed by atoms with Gasteiger partial charge in [0.1, 0.15) is 0 Å². The second kappa shape index (κ2) is 11.5. The molecule has 4 nitrogen and oxygen atoms in total. The standard InChI is InChI=1S/C46H36N4/c47-28-29-10-18-40-35(23-29)11-12-36-24-37(15-19-41(36)40)44-48-43(34-6-2-1-3-7-34)49-45(50-44)42-9-5-4-8-39(42)33-13-16-38(17-14-33)46-25-30-20-31(26-46)22-32(21-30)27-46/h1-19,23-24,30-32H,20-22,25-27H2. The van der Waals surface area contributed by atoms with Gasteiger partial charge in [0.15, 0.2) is 17.5 Å². The Kier molecular flexibility index (Phi) is 6.71. The zero-order chi connectivity index (χ0) is 33.2. The lowest BCUT2D eigenvalue weighted by atomic mass is 9.48. The molecule has 240 valence electrons. The summed E-state index contributed by atoms with van der Waals surface area (Å²) in [6.45, 7) is 0. The summed E-state index contributed by atoms with van der Waals surface area (Å²) in [4.78, 5) is 15.3. The maximum Gasteiger partial charge on any atom is 0.164 e. The van der Waals surface area contributed by atoms with E-state index in [-0.39, 0.29) is 0 Å². The van der Waals surface area contributed by atoms with Crippen LogP contribution in [0.3, 0.4) is 0 Å². The van der Waals surface area contributed by atoms with Crippen molar-refractivity contribution in [2.45, 2.75) is 43.9 Å². The first-order valence-corrected chi connectivity index (χ1v) is 18.0. The van der Waals surface area contributed by atoms with E-state index in [0.717, 1.165) is 61.6 Å². The van der Waals surface area contributed by atoms with Crippen LogP contribution in [0, 0.1) is 29.1 Å². The molecule has 6 aromatic carbocycles. The zero-order valence-electron chi connectivity index (χ0n) is 27.9. The molecule has 0 unspecified atom stereocenters. The number of aromatic nitrogens is 3. The number of hydrogen-bond donors (Lipinski definition) is 0. The third-order valence-electron chi connectivity index (χ3n) is 11.9. The van der Waals surface area contributed by atoms with Crippen LogP contribution in [0.25, 0.3) is 66.8 Å². The minimum atomic E-state index is 0.381. The van der Waals surface area contributed by atoms with Crippen molar-refractivity contribution in [3.8, 4) is 51.4 Å². The summed E-state index contributed by atoms with van der Waals surface area (Å²) >= 11 is 0. The van der Waals surface area contributed by atoms with Crippen molar-refractivity contribution in [1.82, 2.24) is 15.0 Å². The molecule has 50 heavy (non-hydrogen) atoms. The Hall–Kier alpha value is -5.66. The van der Waals surface area contributed by atoms with Crippen molar-refractivity contribution in [3.63, 3.8) is 0 Å². The van der Waals surface area contributed by atoms with Crippen LogP contribution < -0.4 is 0 Å². The van der Waals surface area contributed by atoms with Gasteiger partial charge in [0, 0.05) is 16.7 Å². The van der Waals surface area contributed by atoms with Crippen LogP contribution >= 0.6 is 0 Å². The van der Waals surface area contributed by atoms with Crippen molar-refractivity contribution in [3.05, 3.63) is 139 Å². The molecular weight excluding hydrogens is 609 g/mol. The maximum absolute atomic E-state index is 9.39. The Balaban J connectivity index is 1.07. The molecule has 0 radical (unpaired) electrons. The van der Waals surface area contributed by atoms with E-state index in [2.05, 4.69) is 97.1 Å². The minimum absolute atomic E-state index is 0.381. The fraction of sp³-hybridized carbons (Fsp3) is 0.217. The fourth-order valence-electron chi connectivity index (χ4n) is 10.0. The molecule has 1 heterocycles. The predicted molar refractivity (Wildman–Crippen MR) is 201 cm³/mol. The Labute approximate surface area is 292 Å². The van der Waals surface area contributed by atoms with Gasteiger partial charge in [0.25, 0.3) is 0 Å². The van der Waals surface area contributed by atoms with Crippen molar-refractivity contribution < 1.29 is 0 Å². The average Bonchev–Trinajstić information content (AvgIpc) is 3.17. The average molecular weight is 645 g/mol. The van der Waals surface area contributed by atoms with E-state index in [1.54, 1.807) is 5.56 Å². The molecule has 0 N–H and O–H groups in total. The summed E-state index contributed by atoms with van der Waals surface area (Å²) in [5, 5.41) is 13.8. The third kappa shape index (κ3) is 4.91. The van der Waals surface area contributed by atoms with Crippen LogP contribution in [0.15, 0.2) is 127 Å². The molecule has 4 saturated carbocycles. The van der Waals surface area contributed by atoms with E-state index in [4.69, 9.17) is 15.0 Å². The van der Waals surface area contributed by atoms with Gasteiger partial charge in [-0.15, -0.1) is 0 Å². The molecule has 4 aliphatic carbocycles. The van der Waals surface area contributed by atoms with Gasteiger partial charge >= 0.3 is 0 Å². The molecule has 0 aliphatic heterocycles. The number of nitriles is 1. The van der Waals surface area contributed by atoms with Gasteiger partial charge in [0.05, 0.1) is 11.6 Å². The monoisotopic (exact) mass is 644 g/mol. The van der Waals surface area contributed by atoms with Gasteiger partial charge < -0.3 is 0 Å². The summed E-state index contributed by atoms with van der Waals surface area (Å²) < 4.78 is 0. The lowest BCUT2D eigenvalue weighted by Crippen LogP contribution is -2.48. The third-order valence-corrected chi connectivity index (χ3v) is 11.9. The zero-order valence-corrected chi connectivity index (χ0v) is 27.9. The number of fused-ring (bicyclic) bond motifs is 3. The fourth-order valence-corrected chi connectivity index (χ4v) is 10.0. The highest BCUT2D eigenvalue weighted by Crippen LogP contribution is 2.60. The quantitative estimate of drug-likeness (QED) is 0.175. The molecule has 4 bridgehead atoms. The molecule has 0 amide bonds. The maximum atomic E-state index is 9.39. The lowest BCUT2D eigenvalue weighted by molar-refractivity contribution is -0.00518. The van der Waals surface area contributed by atoms with E-state index in [9.17, 15) is 5.26 Å². The molecule has 4 fully saturated rings. The van der Waals surface area contributed by atoms with Crippen LogP contribution in [-0.2, 0) is 5.41 Å². The summed E-state index contributed by atoms with van der Waals surface area (Å²) in [5.74, 6) is 4.74. The van der Waals surface area contributed by atoms with Gasteiger partial charge in [-0.05, 0) is 118 Å². The topological polar surface area (TPSA) is 62.5 Å². The summed E-state index contributed by atoms with van der Waals surface area (Å²) in [6, 6.07) is 46.9. The Morgan fingerprint density at radius 3 is 1.74 bits per heavy atom. The van der Waals surface area contributed by atoms with Crippen molar-refractivity contribution >= 4 is 21.5 Å². The molecule has 4 heteroatoms. The Morgan fingerprint density at radius 2 is 1.06 bits per heavy atom. The first-order chi connectivity index (χ1) is 24.6. The SMILES string of the molecule is N#Cc1ccc2c(ccc3cc(-c4nc(-c5ccccc5)nc(-c5ccccc5-c5ccc(C67CC8CC(CC(C8)C6)C7)cc5)n4)ccc32)c1. The van der Waals surface area contributed by atoms with E-state index >= 15 is 0 Å². The number of nitrogens with zero attached hydrogens (tertiary/aromatic N) is 4. The highest BCUT2D eigenvalue weighted by molar-refractivity contribution is 6.08. The summed E-state index contributed by atoms with van der Waals surface area (Å²) in [7, 11) is 0. The molecule has 0 spiro atoms. The molecule has 0 atom stereocenters. The van der Waals surface area contributed by atoms with Gasteiger partial charge in [-0.1, -0.05) is 109 Å². The first-order valence-electron chi connectivity index (χ1n) is 18.0. The number of rotatable bonds is 5. The molecule has 1 aromatic heterocycles. The summed E-state index contributed by atoms with van der Waals surface area (Å²) in [6.07, 6.45) is 8.51. The molecule has 7 aromatic rings. The van der Waals surface area contributed by atoms with E-state index in [0.29, 0.717) is 28.5 Å². The van der Waals surface area contributed by atoms with Gasteiger partial charge in [0.2, 0.25) is 0 Å². The van der Waals surface area contributed by atoms with Crippen LogP contribution in [0.1, 0.15) is 49.7 Å². The van der Waals surface area contributed by atoms with Crippen molar-refractivity contribution in [2.24, 2.45) is 17.8 Å². The van der Waals surface area contributed by atoms with Crippen molar-refractivity contribution in [2.75, 3.05) is 0 Å². The predicted octanol–water partition coefficient (Wildman–Crippen LogP) is 11.2. The van der Waals surface area contributed by atoms with E-state index in [1.807, 2.05) is 36.4 Å². The normalized spacial score (nSPS) is 22.2. The van der Waals surface area contributed by atoms with Gasteiger partial charge in [-0.2, -0.15) is 5.26 Å². The smallest absolute Gasteiger partial charge is 0.164 e. The molecule has 11 rings (SSSR count). The highest BCUT2D eigenvalue weighted by Gasteiger charge is 2.51. The van der Waals surface area contributed by atoms with Crippen LogP contribution in [0.4, 0.5) is 0 Å². The lowest BCUT2D eigenvalue weighted by Gasteiger charge is -2.57. The molecular formula is C46H36N4. The number of benzene rings is 6. The van der Waals surface area contributed by atoms with E-state index in [1.165, 1.54) is 44.1 Å². The largest absolute Gasteiger partial charge is 0.208 e. The molecule has 4 aliphatic rings. The Morgan fingerprint density at radius 1 is 0.500 bits per heavy atom.